The van der Waals surface area contributed by atoms with Gasteiger partial charge in [0.25, 0.3) is 0 Å². The second-order valence-electron chi connectivity index (χ2n) is 4.59. The zero-order chi connectivity index (χ0) is 13.1. The van der Waals surface area contributed by atoms with Crippen molar-refractivity contribution in [2.24, 2.45) is 0 Å². The van der Waals surface area contributed by atoms with Crippen LogP contribution in [0.25, 0.3) is 11.3 Å². The van der Waals surface area contributed by atoms with Crippen molar-refractivity contribution in [2.45, 2.75) is 27.2 Å². The van der Waals surface area contributed by atoms with E-state index in [-0.39, 0.29) is 0 Å². The van der Waals surface area contributed by atoms with Crippen LogP contribution >= 0.6 is 0 Å². The van der Waals surface area contributed by atoms with E-state index >= 15 is 0 Å². The van der Waals surface area contributed by atoms with E-state index in [0.29, 0.717) is 6.42 Å². The molecule has 1 aromatic heterocycles. The van der Waals surface area contributed by atoms with Gasteiger partial charge in [-0.1, -0.05) is 23.8 Å². The fourth-order valence-corrected chi connectivity index (χ4v) is 2.02. The minimum atomic E-state index is 0.423. The van der Waals surface area contributed by atoms with E-state index in [4.69, 9.17) is 5.26 Å². The maximum absolute atomic E-state index is 8.73. The maximum Gasteiger partial charge on any atom is 0.0708 e. The topological polar surface area (TPSA) is 36.7 Å². The van der Waals surface area contributed by atoms with Gasteiger partial charge in [-0.05, 0) is 44.0 Å². The molecule has 2 aromatic rings. The van der Waals surface area contributed by atoms with Crippen molar-refractivity contribution < 1.29 is 0 Å². The first-order chi connectivity index (χ1) is 8.61. The smallest absolute Gasteiger partial charge is 0.0708 e. The highest BCUT2D eigenvalue weighted by atomic mass is 14.7. The summed E-state index contributed by atoms with van der Waals surface area (Å²) >= 11 is 0. The number of nitriles is 1. The molecule has 0 spiro atoms. The fraction of sp³-hybridized carbons (Fsp3) is 0.250. The predicted octanol–water partition coefficient (Wildman–Crippen LogP) is 3.74. The highest BCUT2D eigenvalue weighted by Crippen LogP contribution is 2.24. The zero-order valence-corrected chi connectivity index (χ0v) is 11.0. The Bertz CT molecular complexity index is 621. The molecule has 0 fully saturated rings. The van der Waals surface area contributed by atoms with Gasteiger partial charge in [-0.15, -0.1) is 0 Å². The van der Waals surface area contributed by atoms with Crippen molar-refractivity contribution in [3.05, 3.63) is 52.7 Å². The third kappa shape index (κ3) is 2.41. The van der Waals surface area contributed by atoms with Gasteiger partial charge >= 0.3 is 0 Å². The molecule has 0 unspecified atom stereocenters. The van der Waals surface area contributed by atoms with E-state index in [0.717, 1.165) is 17.0 Å². The van der Waals surface area contributed by atoms with Crippen molar-refractivity contribution in [3.63, 3.8) is 0 Å². The summed E-state index contributed by atoms with van der Waals surface area (Å²) in [7, 11) is 0. The van der Waals surface area contributed by atoms with E-state index in [9.17, 15) is 0 Å². The van der Waals surface area contributed by atoms with E-state index < -0.39 is 0 Å². The molecular weight excluding hydrogens is 220 g/mol. The Kier molecular flexibility index (Phi) is 3.43. The number of hydrogen-bond donors (Lipinski definition) is 0. The standard InChI is InChI=1S/C16H16N2/c1-11-4-5-12(2)15(10-11)16-7-6-14(8-9-17)13(3)18-16/h4-7,10H,8H2,1-3H3. The molecule has 90 valence electrons. The number of hydrogen-bond acceptors (Lipinski definition) is 2. The van der Waals surface area contributed by atoms with Crippen LogP contribution in [0.1, 0.15) is 22.4 Å². The van der Waals surface area contributed by atoms with Crippen molar-refractivity contribution in [3.8, 4) is 17.3 Å². The highest BCUT2D eigenvalue weighted by Gasteiger charge is 2.06. The molecular formula is C16H16N2. The number of pyridine rings is 1. The largest absolute Gasteiger partial charge is 0.253 e. The zero-order valence-electron chi connectivity index (χ0n) is 11.0. The van der Waals surface area contributed by atoms with Gasteiger partial charge in [0.15, 0.2) is 0 Å². The van der Waals surface area contributed by atoms with Crippen molar-refractivity contribution in [1.29, 1.82) is 5.26 Å². The van der Waals surface area contributed by atoms with Crippen molar-refractivity contribution >= 4 is 0 Å². The molecule has 0 N–H and O–H groups in total. The monoisotopic (exact) mass is 236 g/mol. The molecule has 2 rings (SSSR count). The molecule has 0 amide bonds. The Balaban J connectivity index is 2.49. The van der Waals surface area contributed by atoms with Crippen LogP contribution in [0.2, 0.25) is 0 Å². The second kappa shape index (κ2) is 5.01. The summed E-state index contributed by atoms with van der Waals surface area (Å²) in [5.41, 5.74) is 6.55. The van der Waals surface area contributed by atoms with Gasteiger partial charge in [0.1, 0.15) is 0 Å². The summed E-state index contributed by atoms with van der Waals surface area (Å²) in [5.74, 6) is 0. The number of benzene rings is 1. The summed E-state index contributed by atoms with van der Waals surface area (Å²) in [4.78, 5) is 4.61. The minimum Gasteiger partial charge on any atom is -0.253 e. The molecule has 0 aliphatic rings. The molecule has 0 aliphatic carbocycles. The van der Waals surface area contributed by atoms with Crippen LogP contribution in [0.4, 0.5) is 0 Å². The van der Waals surface area contributed by atoms with Crippen LogP contribution in [0.15, 0.2) is 30.3 Å². The normalized spacial score (nSPS) is 10.1. The molecule has 1 aromatic carbocycles. The summed E-state index contributed by atoms with van der Waals surface area (Å²) in [6.45, 7) is 6.14. The van der Waals surface area contributed by atoms with Crippen LogP contribution in [0.3, 0.4) is 0 Å². The summed E-state index contributed by atoms with van der Waals surface area (Å²) in [5, 5.41) is 8.73. The van der Waals surface area contributed by atoms with Gasteiger partial charge in [-0.25, -0.2) is 0 Å². The summed E-state index contributed by atoms with van der Waals surface area (Å²) in [6.07, 6.45) is 0.423. The van der Waals surface area contributed by atoms with Crippen LogP contribution in [-0.4, -0.2) is 4.98 Å². The first-order valence-corrected chi connectivity index (χ1v) is 6.03. The Morgan fingerprint density at radius 2 is 1.89 bits per heavy atom. The third-order valence-corrected chi connectivity index (χ3v) is 3.13. The van der Waals surface area contributed by atoms with Gasteiger partial charge in [-0.2, -0.15) is 5.26 Å². The minimum absolute atomic E-state index is 0.423. The van der Waals surface area contributed by atoms with Crippen LogP contribution < -0.4 is 0 Å². The van der Waals surface area contributed by atoms with Crippen LogP contribution in [0, 0.1) is 32.1 Å². The first kappa shape index (κ1) is 12.3. The predicted molar refractivity (Wildman–Crippen MR) is 73.2 cm³/mol. The SMILES string of the molecule is Cc1ccc(C)c(-c2ccc(CC#N)c(C)n2)c1. The van der Waals surface area contributed by atoms with Gasteiger partial charge in [0.05, 0.1) is 18.2 Å². The average molecular weight is 236 g/mol. The quantitative estimate of drug-likeness (QED) is 0.796. The van der Waals surface area contributed by atoms with E-state index in [2.05, 4.69) is 43.1 Å². The van der Waals surface area contributed by atoms with Gasteiger partial charge in [-0.3, -0.25) is 4.98 Å². The Hall–Kier alpha value is -2.14. The Morgan fingerprint density at radius 3 is 2.56 bits per heavy atom. The maximum atomic E-state index is 8.73. The molecule has 0 radical (unpaired) electrons. The molecule has 2 heteroatoms. The molecule has 0 saturated carbocycles. The third-order valence-electron chi connectivity index (χ3n) is 3.13. The van der Waals surface area contributed by atoms with Gasteiger partial charge in [0, 0.05) is 11.3 Å². The summed E-state index contributed by atoms with van der Waals surface area (Å²) in [6, 6.07) is 12.5. The van der Waals surface area contributed by atoms with Crippen molar-refractivity contribution in [1.82, 2.24) is 4.98 Å². The van der Waals surface area contributed by atoms with E-state index in [1.54, 1.807) is 0 Å². The highest BCUT2D eigenvalue weighted by molar-refractivity contribution is 5.64. The summed E-state index contributed by atoms with van der Waals surface area (Å²) < 4.78 is 0. The molecule has 0 bridgehead atoms. The second-order valence-corrected chi connectivity index (χ2v) is 4.59. The fourth-order valence-electron chi connectivity index (χ4n) is 2.02. The molecule has 18 heavy (non-hydrogen) atoms. The molecule has 0 atom stereocenters. The Labute approximate surface area is 108 Å². The molecule has 0 saturated heterocycles. The van der Waals surface area contributed by atoms with Crippen LogP contribution in [-0.2, 0) is 6.42 Å². The number of rotatable bonds is 2. The Morgan fingerprint density at radius 1 is 1.11 bits per heavy atom. The van der Waals surface area contributed by atoms with Gasteiger partial charge < -0.3 is 0 Å². The lowest BCUT2D eigenvalue weighted by molar-refractivity contribution is 1.11. The van der Waals surface area contributed by atoms with Crippen LogP contribution in [0.5, 0.6) is 0 Å². The first-order valence-electron chi connectivity index (χ1n) is 6.03. The number of aryl methyl sites for hydroxylation is 3. The molecule has 1 heterocycles. The van der Waals surface area contributed by atoms with E-state index in [1.165, 1.54) is 16.7 Å². The number of aromatic nitrogens is 1. The van der Waals surface area contributed by atoms with E-state index in [1.807, 2.05) is 19.1 Å². The van der Waals surface area contributed by atoms with Gasteiger partial charge in [0.2, 0.25) is 0 Å². The average Bonchev–Trinajstić information content (AvgIpc) is 2.35. The molecule has 2 nitrogen and oxygen atoms in total. The lowest BCUT2D eigenvalue weighted by Crippen LogP contribution is -1.95. The number of nitrogens with zero attached hydrogens (tertiary/aromatic N) is 2. The lowest BCUT2D eigenvalue weighted by Gasteiger charge is -2.09. The van der Waals surface area contributed by atoms with Crippen molar-refractivity contribution in [2.75, 3.05) is 0 Å². The molecule has 0 aliphatic heterocycles. The lowest BCUT2D eigenvalue weighted by atomic mass is 10.0.